The van der Waals surface area contributed by atoms with Gasteiger partial charge < -0.3 is 5.32 Å². The second kappa shape index (κ2) is 5.98. The fraction of sp³-hybridized carbons (Fsp3) is 0. The van der Waals surface area contributed by atoms with Gasteiger partial charge in [0.05, 0.1) is 18.1 Å². The molecule has 2 rings (SSSR count). The number of thiophene rings is 1. The lowest BCUT2D eigenvalue weighted by Crippen LogP contribution is -2.13. The molecule has 0 spiro atoms. The maximum absolute atomic E-state index is 13.2. The number of halogens is 3. The predicted molar refractivity (Wildman–Crippen MR) is 80.7 cm³/mol. The van der Waals surface area contributed by atoms with Crippen molar-refractivity contribution < 1.29 is 14.1 Å². The molecular weight excluding hydrogens is 419 g/mol. The zero-order valence-electron chi connectivity index (χ0n) is 9.52. The third kappa shape index (κ3) is 3.22. The molecule has 0 aliphatic heterocycles. The summed E-state index contributed by atoms with van der Waals surface area (Å²) in [6, 6.07) is 4.44. The van der Waals surface area contributed by atoms with Crippen molar-refractivity contribution in [2.75, 3.05) is 5.32 Å². The van der Waals surface area contributed by atoms with Gasteiger partial charge in [-0.1, -0.05) is 0 Å². The molecule has 0 aliphatic rings. The largest absolute Gasteiger partial charge is 0.316 e. The van der Waals surface area contributed by atoms with Crippen LogP contribution in [0.1, 0.15) is 10.4 Å². The van der Waals surface area contributed by atoms with Gasteiger partial charge in [-0.15, -0.1) is 11.3 Å². The van der Waals surface area contributed by atoms with E-state index >= 15 is 0 Å². The number of carbonyl (C=O) groups is 1. The highest BCUT2D eigenvalue weighted by Gasteiger charge is 2.19. The standard InChI is InChI=1S/C11H5Br2FN2O3S/c12-9-4-6(10(13)20-9)11(17)15-7-3-5(14)1-2-8(7)16(18)19/h1-4H,(H,15,17). The lowest BCUT2D eigenvalue weighted by molar-refractivity contribution is -0.384. The fourth-order valence-corrected chi connectivity index (χ4v) is 4.25. The molecule has 0 saturated heterocycles. The molecule has 0 radical (unpaired) electrons. The van der Waals surface area contributed by atoms with E-state index in [4.69, 9.17) is 0 Å². The molecule has 1 aromatic heterocycles. The van der Waals surface area contributed by atoms with Crippen molar-refractivity contribution >= 4 is 60.5 Å². The summed E-state index contributed by atoms with van der Waals surface area (Å²) in [6.07, 6.45) is 0. The van der Waals surface area contributed by atoms with E-state index in [1.54, 1.807) is 6.07 Å². The summed E-state index contributed by atoms with van der Waals surface area (Å²) in [5.74, 6) is -1.23. The molecule has 5 nitrogen and oxygen atoms in total. The molecule has 0 saturated carbocycles. The predicted octanol–water partition coefficient (Wildman–Crippen LogP) is 4.57. The summed E-state index contributed by atoms with van der Waals surface area (Å²) in [5, 5.41) is 13.2. The van der Waals surface area contributed by atoms with Gasteiger partial charge in [0.1, 0.15) is 11.5 Å². The lowest BCUT2D eigenvalue weighted by atomic mass is 10.2. The highest BCUT2D eigenvalue weighted by atomic mass is 79.9. The van der Waals surface area contributed by atoms with Crippen molar-refractivity contribution in [2.45, 2.75) is 0 Å². The summed E-state index contributed by atoms with van der Waals surface area (Å²) in [7, 11) is 0. The number of nitrogens with one attached hydrogen (secondary N) is 1. The Morgan fingerprint density at radius 3 is 2.60 bits per heavy atom. The Bertz CT molecular complexity index is 705. The molecule has 1 aromatic carbocycles. The Morgan fingerprint density at radius 1 is 1.35 bits per heavy atom. The minimum Gasteiger partial charge on any atom is -0.316 e. The van der Waals surface area contributed by atoms with Crippen LogP contribution in [0, 0.1) is 15.9 Å². The smallest absolute Gasteiger partial charge is 0.292 e. The molecule has 2 aromatic rings. The van der Waals surface area contributed by atoms with E-state index in [-0.39, 0.29) is 11.4 Å². The number of anilines is 1. The fourth-order valence-electron chi connectivity index (χ4n) is 1.45. The van der Waals surface area contributed by atoms with E-state index in [1.807, 2.05) is 0 Å². The van der Waals surface area contributed by atoms with E-state index in [9.17, 15) is 19.3 Å². The minimum atomic E-state index is -0.687. The molecular formula is C11H5Br2FN2O3S. The molecule has 0 unspecified atom stereocenters. The van der Waals surface area contributed by atoms with E-state index in [2.05, 4.69) is 37.2 Å². The van der Waals surface area contributed by atoms with Crippen LogP contribution in [0.3, 0.4) is 0 Å². The van der Waals surface area contributed by atoms with Crippen LogP contribution >= 0.6 is 43.2 Å². The van der Waals surface area contributed by atoms with E-state index in [0.29, 0.717) is 9.35 Å². The van der Waals surface area contributed by atoms with Gasteiger partial charge in [0.2, 0.25) is 0 Å². The zero-order valence-corrected chi connectivity index (χ0v) is 13.5. The SMILES string of the molecule is O=C(Nc1cc(F)ccc1[N+](=O)[O-])c1cc(Br)sc1Br. The monoisotopic (exact) mass is 422 g/mol. The highest BCUT2D eigenvalue weighted by Crippen LogP contribution is 2.33. The van der Waals surface area contributed by atoms with Crippen molar-refractivity contribution in [3.05, 3.63) is 53.3 Å². The number of rotatable bonds is 3. The first-order chi connectivity index (χ1) is 9.38. The molecule has 1 N–H and O–H groups in total. The molecule has 1 amide bonds. The van der Waals surface area contributed by atoms with Crippen LogP contribution in [0.4, 0.5) is 15.8 Å². The Kier molecular flexibility index (Phi) is 4.51. The molecule has 20 heavy (non-hydrogen) atoms. The number of hydrogen-bond donors (Lipinski definition) is 1. The maximum atomic E-state index is 13.2. The second-order valence-corrected chi connectivity index (χ2v) is 7.36. The highest BCUT2D eigenvalue weighted by molar-refractivity contribution is 9.12. The summed E-state index contributed by atoms with van der Waals surface area (Å²) >= 11 is 7.73. The quantitative estimate of drug-likeness (QED) is 0.580. The number of carbonyl (C=O) groups excluding carboxylic acids is 1. The Morgan fingerprint density at radius 2 is 2.05 bits per heavy atom. The van der Waals surface area contributed by atoms with Crippen molar-refractivity contribution in [1.29, 1.82) is 0 Å². The molecule has 0 fully saturated rings. The number of amides is 1. The van der Waals surface area contributed by atoms with Gasteiger partial charge in [-0.05, 0) is 44.0 Å². The van der Waals surface area contributed by atoms with Crippen LogP contribution in [0.2, 0.25) is 0 Å². The topological polar surface area (TPSA) is 72.2 Å². The summed E-state index contributed by atoms with van der Waals surface area (Å²) in [5.41, 5.74) is -0.250. The van der Waals surface area contributed by atoms with Gasteiger partial charge in [0, 0.05) is 12.1 Å². The first kappa shape index (κ1) is 15.1. The molecule has 0 bridgehead atoms. The van der Waals surface area contributed by atoms with Crippen LogP contribution in [-0.4, -0.2) is 10.8 Å². The number of benzene rings is 1. The zero-order chi connectivity index (χ0) is 14.9. The molecule has 1 heterocycles. The molecule has 9 heteroatoms. The normalized spacial score (nSPS) is 10.3. The second-order valence-electron chi connectivity index (χ2n) is 3.61. The Labute approximate surface area is 133 Å². The van der Waals surface area contributed by atoms with Crippen LogP contribution in [0.25, 0.3) is 0 Å². The van der Waals surface area contributed by atoms with Crippen molar-refractivity contribution in [3.8, 4) is 0 Å². The van der Waals surface area contributed by atoms with Crippen LogP contribution in [0.5, 0.6) is 0 Å². The average molecular weight is 424 g/mol. The summed E-state index contributed by atoms with van der Waals surface area (Å²) in [4.78, 5) is 22.2. The third-order valence-electron chi connectivity index (χ3n) is 2.30. The number of hydrogen-bond acceptors (Lipinski definition) is 4. The Balaban J connectivity index is 2.34. The van der Waals surface area contributed by atoms with E-state index in [0.717, 1.165) is 22.0 Å². The van der Waals surface area contributed by atoms with E-state index < -0.39 is 16.6 Å². The first-order valence-corrected chi connectivity index (χ1v) is 7.49. The van der Waals surface area contributed by atoms with Gasteiger partial charge in [-0.3, -0.25) is 14.9 Å². The average Bonchev–Trinajstić information content (AvgIpc) is 2.68. The van der Waals surface area contributed by atoms with Gasteiger partial charge in [-0.2, -0.15) is 0 Å². The van der Waals surface area contributed by atoms with Crippen molar-refractivity contribution in [2.24, 2.45) is 0 Å². The summed E-state index contributed by atoms with van der Waals surface area (Å²) < 4.78 is 14.5. The minimum absolute atomic E-state index is 0.186. The van der Waals surface area contributed by atoms with Crippen molar-refractivity contribution in [3.63, 3.8) is 0 Å². The molecule has 0 aliphatic carbocycles. The van der Waals surface area contributed by atoms with Crippen LogP contribution in [-0.2, 0) is 0 Å². The number of nitro groups is 1. The first-order valence-electron chi connectivity index (χ1n) is 5.08. The maximum Gasteiger partial charge on any atom is 0.292 e. The third-order valence-corrected chi connectivity index (χ3v) is 4.64. The summed E-state index contributed by atoms with van der Waals surface area (Å²) in [6.45, 7) is 0. The van der Waals surface area contributed by atoms with Gasteiger partial charge in [-0.25, -0.2) is 4.39 Å². The lowest BCUT2D eigenvalue weighted by Gasteiger charge is -2.05. The van der Waals surface area contributed by atoms with Crippen LogP contribution in [0.15, 0.2) is 31.8 Å². The Hall–Kier alpha value is -1.32. The number of nitrogens with zero attached hydrogens (tertiary/aromatic N) is 1. The van der Waals surface area contributed by atoms with Crippen molar-refractivity contribution in [1.82, 2.24) is 0 Å². The molecule has 0 atom stereocenters. The van der Waals surface area contributed by atoms with Gasteiger partial charge >= 0.3 is 0 Å². The van der Waals surface area contributed by atoms with Crippen LogP contribution < -0.4 is 5.32 Å². The molecule has 104 valence electrons. The van der Waals surface area contributed by atoms with Gasteiger partial charge in [0.15, 0.2) is 0 Å². The van der Waals surface area contributed by atoms with E-state index in [1.165, 1.54) is 11.3 Å². The number of nitro benzene ring substituents is 1. The van der Waals surface area contributed by atoms with Gasteiger partial charge in [0.25, 0.3) is 11.6 Å².